The molecule has 180 valence electrons. The van der Waals surface area contributed by atoms with Crippen molar-refractivity contribution < 1.29 is 4.79 Å². The number of ketones is 1. The molecule has 0 saturated carbocycles. The predicted octanol–water partition coefficient (Wildman–Crippen LogP) is 4.34. The van der Waals surface area contributed by atoms with Crippen LogP contribution in [-0.4, -0.2) is 77.4 Å². The Labute approximate surface area is 209 Å². The number of carbonyl (C=O) groups is 1. The smallest absolute Gasteiger partial charge is 0.190 e. The SMILES string of the molecule is Cc1ccc(N(C)c2ccc3nc(Nc4cc(C(=O)CN5CCN(C)CC5)ccn4)sc3n2)cc1. The van der Waals surface area contributed by atoms with Gasteiger partial charge in [-0.05, 0) is 50.4 Å². The fourth-order valence-corrected chi connectivity index (χ4v) is 4.87. The number of rotatable bonds is 7. The summed E-state index contributed by atoms with van der Waals surface area (Å²) in [5, 5.41) is 3.95. The summed E-state index contributed by atoms with van der Waals surface area (Å²) < 4.78 is 0. The predicted molar refractivity (Wildman–Crippen MR) is 142 cm³/mol. The number of pyridine rings is 2. The van der Waals surface area contributed by atoms with E-state index >= 15 is 0 Å². The second-order valence-electron chi connectivity index (χ2n) is 8.96. The Bertz CT molecular complexity index is 1330. The first-order chi connectivity index (χ1) is 16.9. The van der Waals surface area contributed by atoms with Gasteiger partial charge in [-0.3, -0.25) is 9.69 Å². The molecule has 0 atom stereocenters. The van der Waals surface area contributed by atoms with E-state index in [4.69, 9.17) is 4.98 Å². The number of likely N-dealkylation sites (N-methyl/N-ethyl adjacent to an activating group) is 1. The van der Waals surface area contributed by atoms with Crippen molar-refractivity contribution in [3.8, 4) is 0 Å². The summed E-state index contributed by atoms with van der Waals surface area (Å²) in [6.45, 7) is 6.32. The van der Waals surface area contributed by atoms with Gasteiger partial charge in [0, 0.05) is 50.7 Å². The molecule has 0 radical (unpaired) electrons. The number of nitrogens with zero attached hydrogens (tertiary/aromatic N) is 6. The highest BCUT2D eigenvalue weighted by Crippen LogP contribution is 2.30. The highest BCUT2D eigenvalue weighted by atomic mass is 32.1. The molecule has 1 saturated heterocycles. The molecule has 0 bridgehead atoms. The minimum atomic E-state index is 0.106. The van der Waals surface area contributed by atoms with Gasteiger partial charge in [-0.15, -0.1) is 0 Å². The maximum Gasteiger partial charge on any atom is 0.190 e. The molecule has 1 aromatic carbocycles. The highest BCUT2D eigenvalue weighted by Gasteiger charge is 2.18. The van der Waals surface area contributed by atoms with Gasteiger partial charge in [0.1, 0.15) is 22.0 Å². The zero-order chi connectivity index (χ0) is 24.4. The molecule has 5 rings (SSSR count). The lowest BCUT2D eigenvalue weighted by atomic mass is 10.1. The number of carbonyl (C=O) groups excluding carboxylic acids is 1. The van der Waals surface area contributed by atoms with Crippen molar-refractivity contribution >= 4 is 49.9 Å². The number of hydrogen-bond donors (Lipinski definition) is 1. The molecule has 8 nitrogen and oxygen atoms in total. The number of thiazole rings is 1. The van der Waals surface area contributed by atoms with Gasteiger partial charge in [0.15, 0.2) is 10.9 Å². The van der Waals surface area contributed by atoms with Crippen LogP contribution in [0.4, 0.5) is 22.5 Å². The Balaban J connectivity index is 1.29. The summed E-state index contributed by atoms with van der Waals surface area (Å²) in [5.41, 5.74) is 3.78. The van der Waals surface area contributed by atoms with Crippen LogP contribution >= 0.6 is 11.3 Å². The summed E-state index contributed by atoms with van der Waals surface area (Å²) in [6, 6.07) is 15.9. The number of benzene rings is 1. The van der Waals surface area contributed by atoms with Crippen molar-refractivity contribution in [2.75, 3.05) is 57.0 Å². The van der Waals surface area contributed by atoms with Crippen molar-refractivity contribution in [1.29, 1.82) is 0 Å². The van der Waals surface area contributed by atoms with Crippen LogP contribution in [-0.2, 0) is 0 Å². The molecular weight excluding hydrogens is 458 g/mol. The summed E-state index contributed by atoms with van der Waals surface area (Å²) in [4.78, 5) is 34.1. The number of aryl methyl sites for hydroxylation is 1. The van der Waals surface area contributed by atoms with Crippen LogP contribution < -0.4 is 10.2 Å². The summed E-state index contributed by atoms with van der Waals surface area (Å²) in [6.07, 6.45) is 1.67. The average Bonchev–Trinajstić information content (AvgIpc) is 3.27. The second-order valence-corrected chi connectivity index (χ2v) is 9.94. The first-order valence-corrected chi connectivity index (χ1v) is 12.5. The van der Waals surface area contributed by atoms with Crippen LogP contribution in [0.5, 0.6) is 0 Å². The van der Waals surface area contributed by atoms with Gasteiger partial charge >= 0.3 is 0 Å². The quantitative estimate of drug-likeness (QED) is 0.386. The lowest BCUT2D eigenvalue weighted by molar-refractivity contribution is 0.0876. The van der Waals surface area contributed by atoms with Gasteiger partial charge in [-0.2, -0.15) is 0 Å². The molecule has 4 aromatic rings. The molecule has 0 aliphatic carbocycles. The molecule has 35 heavy (non-hydrogen) atoms. The Morgan fingerprint density at radius 3 is 2.60 bits per heavy atom. The Kier molecular flexibility index (Phi) is 6.72. The first kappa shape index (κ1) is 23.3. The van der Waals surface area contributed by atoms with Gasteiger partial charge in [-0.25, -0.2) is 15.0 Å². The average molecular weight is 488 g/mol. The van der Waals surface area contributed by atoms with Gasteiger partial charge in [-0.1, -0.05) is 29.0 Å². The van der Waals surface area contributed by atoms with E-state index in [1.54, 1.807) is 18.3 Å². The summed E-state index contributed by atoms with van der Waals surface area (Å²) >= 11 is 1.47. The number of piperazine rings is 1. The third kappa shape index (κ3) is 5.48. The largest absolute Gasteiger partial charge is 0.329 e. The fourth-order valence-electron chi connectivity index (χ4n) is 4.03. The van der Waals surface area contributed by atoms with E-state index in [1.807, 2.05) is 19.2 Å². The number of Topliss-reactive ketones (excluding diaryl/α,β-unsaturated/α-hetero) is 1. The highest BCUT2D eigenvalue weighted by molar-refractivity contribution is 7.21. The molecule has 1 fully saturated rings. The number of hydrogen-bond acceptors (Lipinski definition) is 9. The van der Waals surface area contributed by atoms with Gasteiger partial charge in [0.25, 0.3) is 0 Å². The normalized spacial score (nSPS) is 14.8. The number of nitrogens with one attached hydrogen (secondary N) is 1. The van der Waals surface area contributed by atoms with Crippen LogP contribution in [0, 0.1) is 6.92 Å². The topological polar surface area (TPSA) is 77.5 Å². The van der Waals surface area contributed by atoms with Crippen molar-refractivity contribution in [2.45, 2.75) is 6.92 Å². The minimum absolute atomic E-state index is 0.106. The molecule has 3 aromatic heterocycles. The molecule has 9 heteroatoms. The van der Waals surface area contributed by atoms with E-state index in [2.05, 4.69) is 68.2 Å². The second kappa shape index (κ2) is 10.1. The monoisotopic (exact) mass is 487 g/mol. The minimum Gasteiger partial charge on any atom is -0.329 e. The van der Waals surface area contributed by atoms with E-state index in [-0.39, 0.29) is 5.78 Å². The summed E-state index contributed by atoms with van der Waals surface area (Å²) in [7, 11) is 4.12. The lowest BCUT2D eigenvalue weighted by Gasteiger charge is -2.31. The molecule has 1 aliphatic heterocycles. The standard InChI is InChI=1S/C26H29N7OS/c1-18-4-6-20(7-5-18)32(3)24-9-8-21-25(30-24)35-26(28-21)29-23-16-19(10-11-27-23)22(34)17-33-14-12-31(2)13-15-33/h4-11,16H,12-15,17H2,1-3H3,(H,27,28,29). The van der Waals surface area contributed by atoms with Crippen LogP contribution in [0.2, 0.25) is 0 Å². The molecule has 0 amide bonds. The van der Waals surface area contributed by atoms with Crippen molar-refractivity contribution in [3.63, 3.8) is 0 Å². The van der Waals surface area contributed by atoms with Gasteiger partial charge in [0.2, 0.25) is 0 Å². The maximum atomic E-state index is 12.8. The lowest BCUT2D eigenvalue weighted by Crippen LogP contribution is -2.46. The van der Waals surface area contributed by atoms with Crippen molar-refractivity contribution in [3.05, 3.63) is 65.9 Å². The van der Waals surface area contributed by atoms with Crippen molar-refractivity contribution in [2.24, 2.45) is 0 Å². The van der Waals surface area contributed by atoms with Crippen molar-refractivity contribution in [1.82, 2.24) is 24.8 Å². The van der Waals surface area contributed by atoms with Crippen LogP contribution in [0.15, 0.2) is 54.7 Å². The molecular formula is C26H29N7OS. The fraction of sp³-hybridized carbons (Fsp3) is 0.308. The Hall–Kier alpha value is -3.40. The van der Waals surface area contributed by atoms with E-state index < -0.39 is 0 Å². The third-order valence-electron chi connectivity index (χ3n) is 6.29. The van der Waals surface area contributed by atoms with E-state index in [1.165, 1.54) is 16.9 Å². The summed E-state index contributed by atoms with van der Waals surface area (Å²) in [5.74, 6) is 1.56. The van der Waals surface area contributed by atoms with Gasteiger partial charge in [0.05, 0.1) is 6.54 Å². The Morgan fingerprint density at radius 1 is 1.06 bits per heavy atom. The van der Waals surface area contributed by atoms with E-state index in [9.17, 15) is 4.79 Å². The zero-order valence-electron chi connectivity index (χ0n) is 20.2. The van der Waals surface area contributed by atoms with E-state index in [0.717, 1.165) is 48.0 Å². The third-order valence-corrected chi connectivity index (χ3v) is 7.17. The van der Waals surface area contributed by atoms with Crippen LogP contribution in [0.25, 0.3) is 10.3 Å². The maximum absolute atomic E-state index is 12.8. The number of anilines is 4. The number of aromatic nitrogens is 3. The van der Waals surface area contributed by atoms with Crippen LogP contribution in [0.1, 0.15) is 15.9 Å². The van der Waals surface area contributed by atoms with E-state index in [0.29, 0.717) is 23.1 Å². The van der Waals surface area contributed by atoms with Crippen LogP contribution in [0.3, 0.4) is 0 Å². The molecule has 1 N–H and O–H groups in total. The molecule has 0 unspecified atom stereocenters. The molecule has 1 aliphatic rings. The molecule has 4 heterocycles. The zero-order valence-corrected chi connectivity index (χ0v) is 21.0. The number of fused-ring (bicyclic) bond motifs is 1. The first-order valence-electron chi connectivity index (χ1n) is 11.7. The Morgan fingerprint density at radius 2 is 1.83 bits per heavy atom. The molecule has 0 spiro atoms. The van der Waals surface area contributed by atoms with Gasteiger partial charge < -0.3 is 15.1 Å².